The van der Waals surface area contributed by atoms with E-state index in [1.54, 1.807) is 19.1 Å². The fourth-order valence-corrected chi connectivity index (χ4v) is 2.69. The predicted molar refractivity (Wildman–Crippen MR) is 78.0 cm³/mol. The van der Waals surface area contributed by atoms with Crippen LogP contribution in [0.5, 0.6) is 0 Å². The summed E-state index contributed by atoms with van der Waals surface area (Å²) < 4.78 is 0. The topological polar surface area (TPSA) is 69.8 Å². The molecule has 1 saturated heterocycles. The van der Waals surface area contributed by atoms with E-state index in [4.69, 9.17) is 0 Å². The maximum absolute atomic E-state index is 11.3. The van der Waals surface area contributed by atoms with Crippen molar-refractivity contribution in [2.45, 2.75) is 26.0 Å². The number of likely N-dealkylation sites (N-methyl/N-ethyl adjacent to an activating group) is 1. The molecular formula is C14H21N3O3. The minimum absolute atomic E-state index is 0.0693. The Labute approximate surface area is 118 Å². The molecule has 6 heteroatoms. The molecule has 1 heterocycles. The van der Waals surface area contributed by atoms with Gasteiger partial charge in [-0.15, -0.1) is 0 Å². The van der Waals surface area contributed by atoms with Gasteiger partial charge in [-0.1, -0.05) is 6.07 Å². The molecular weight excluding hydrogens is 258 g/mol. The molecule has 2 rings (SSSR count). The van der Waals surface area contributed by atoms with E-state index in [1.165, 1.54) is 6.07 Å². The molecule has 1 unspecified atom stereocenters. The molecule has 0 aliphatic carbocycles. The van der Waals surface area contributed by atoms with Gasteiger partial charge < -0.3 is 14.9 Å². The molecule has 0 radical (unpaired) electrons. The second kappa shape index (κ2) is 5.76. The highest BCUT2D eigenvalue weighted by atomic mass is 16.6. The number of aliphatic hydroxyl groups is 1. The molecule has 110 valence electrons. The van der Waals surface area contributed by atoms with Gasteiger partial charge in [-0.2, -0.15) is 0 Å². The zero-order chi connectivity index (χ0) is 14.9. The first kappa shape index (κ1) is 14.7. The highest BCUT2D eigenvalue weighted by molar-refractivity contribution is 5.65. The Balaban J connectivity index is 2.38. The highest BCUT2D eigenvalue weighted by Gasteiger charge is 2.27. The largest absolute Gasteiger partial charge is 0.389 e. The zero-order valence-corrected chi connectivity index (χ0v) is 12.1. The summed E-state index contributed by atoms with van der Waals surface area (Å²) in [7, 11) is 2.05. The van der Waals surface area contributed by atoms with Crippen LogP contribution in [-0.2, 0) is 0 Å². The molecule has 1 aromatic carbocycles. The summed E-state index contributed by atoms with van der Waals surface area (Å²) in [5, 5.41) is 20.9. The summed E-state index contributed by atoms with van der Waals surface area (Å²) >= 11 is 0. The quantitative estimate of drug-likeness (QED) is 0.674. The maximum Gasteiger partial charge on any atom is 0.292 e. The second-order valence-corrected chi connectivity index (χ2v) is 5.49. The standard InChI is InChI=1S/C14H21N3O3/c1-10-9-15(3)6-7-16(10)13-5-4-12(11(2)18)8-14(13)17(19)20/h4-5,8,10-11,18H,6-7,9H2,1-3H3/t10?,11-/m0/s1. The summed E-state index contributed by atoms with van der Waals surface area (Å²) in [5.74, 6) is 0. The first-order valence-corrected chi connectivity index (χ1v) is 6.81. The number of hydrogen-bond acceptors (Lipinski definition) is 5. The molecule has 1 aliphatic rings. The van der Waals surface area contributed by atoms with Crippen LogP contribution in [0.15, 0.2) is 18.2 Å². The lowest BCUT2D eigenvalue weighted by Crippen LogP contribution is -2.50. The minimum Gasteiger partial charge on any atom is -0.389 e. The van der Waals surface area contributed by atoms with E-state index in [-0.39, 0.29) is 16.7 Å². The molecule has 1 aliphatic heterocycles. The van der Waals surface area contributed by atoms with Gasteiger partial charge in [0.1, 0.15) is 5.69 Å². The molecule has 0 aromatic heterocycles. The summed E-state index contributed by atoms with van der Waals surface area (Å²) in [6.45, 7) is 6.22. The van der Waals surface area contributed by atoms with Crippen molar-refractivity contribution in [2.24, 2.45) is 0 Å². The van der Waals surface area contributed by atoms with E-state index in [2.05, 4.69) is 23.8 Å². The highest BCUT2D eigenvalue weighted by Crippen LogP contribution is 2.33. The fourth-order valence-electron chi connectivity index (χ4n) is 2.69. The van der Waals surface area contributed by atoms with Crippen molar-refractivity contribution in [2.75, 3.05) is 31.6 Å². The maximum atomic E-state index is 11.3. The van der Waals surface area contributed by atoms with E-state index < -0.39 is 6.10 Å². The summed E-state index contributed by atoms with van der Waals surface area (Å²) in [6.07, 6.45) is -0.701. The number of rotatable bonds is 3. The van der Waals surface area contributed by atoms with Crippen LogP contribution in [0.1, 0.15) is 25.5 Å². The fraction of sp³-hybridized carbons (Fsp3) is 0.571. The summed E-state index contributed by atoms with van der Waals surface area (Å²) in [6, 6.07) is 5.22. The zero-order valence-electron chi connectivity index (χ0n) is 12.1. The van der Waals surface area contributed by atoms with Crippen molar-refractivity contribution < 1.29 is 10.0 Å². The van der Waals surface area contributed by atoms with Crippen molar-refractivity contribution in [1.29, 1.82) is 0 Å². The smallest absolute Gasteiger partial charge is 0.292 e. The van der Waals surface area contributed by atoms with Crippen LogP contribution < -0.4 is 4.90 Å². The molecule has 2 atom stereocenters. The van der Waals surface area contributed by atoms with Gasteiger partial charge >= 0.3 is 0 Å². The third-order valence-electron chi connectivity index (χ3n) is 3.82. The number of aliphatic hydroxyl groups excluding tert-OH is 1. The molecule has 0 amide bonds. The van der Waals surface area contributed by atoms with Gasteiger partial charge in [-0.05, 0) is 32.5 Å². The normalized spacial score (nSPS) is 21.8. The lowest BCUT2D eigenvalue weighted by molar-refractivity contribution is -0.384. The Bertz CT molecular complexity index is 504. The van der Waals surface area contributed by atoms with Crippen LogP contribution in [0.2, 0.25) is 0 Å². The van der Waals surface area contributed by atoms with Crippen molar-refractivity contribution >= 4 is 11.4 Å². The van der Waals surface area contributed by atoms with E-state index >= 15 is 0 Å². The number of benzene rings is 1. The van der Waals surface area contributed by atoms with Gasteiger partial charge in [-0.25, -0.2) is 0 Å². The first-order valence-electron chi connectivity index (χ1n) is 6.81. The third-order valence-corrected chi connectivity index (χ3v) is 3.82. The average Bonchev–Trinajstić information content (AvgIpc) is 2.38. The first-order chi connectivity index (χ1) is 9.40. The van der Waals surface area contributed by atoms with Gasteiger partial charge in [0.2, 0.25) is 0 Å². The monoisotopic (exact) mass is 279 g/mol. The van der Waals surface area contributed by atoms with Gasteiger partial charge in [0.05, 0.1) is 11.0 Å². The van der Waals surface area contributed by atoms with Gasteiger partial charge in [0, 0.05) is 31.7 Å². The van der Waals surface area contributed by atoms with Crippen molar-refractivity contribution in [1.82, 2.24) is 4.90 Å². The summed E-state index contributed by atoms with van der Waals surface area (Å²) in [4.78, 5) is 15.2. The number of nitro benzene ring substituents is 1. The van der Waals surface area contributed by atoms with E-state index in [0.717, 1.165) is 19.6 Å². The Kier molecular flexibility index (Phi) is 4.25. The minimum atomic E-state index is -0.701. The van der Waals surface area contributed by atoms with E-state index in [9.17, 15) is 15.2 Å². The Hall–Kier alpha value is -1.66. The molecule has 0 spiro atoms. The second-order valence-electron chi connectivity index (χ2n) is 5.49. The SMILES string of the molecule is CC1CN(C)CCN1c1ccc([C@H](C)O)cc1[N+](=O)[O-]. The molecule has 1 N–H and O–H groups in total. The Morgan fingerprint density at radius 3 is 2.70 bits per heavy atom. The Morgan fingerprint density at radius 1 is 1.45 bits per heavy atom. The molecule has 1 fully saturated rings. The van der Waals surface area contributed by atoms with Gasteiger partial charge in [0.25, 0.3) is 5.69 Å². The number of nitro groups is 1. The number of anilines is 1. The Morgan fingerprint density at radius 2 is 2.15 bits per heavy atom. The molecule has 20 heavy (non-hydrogen) atoms. The molecule has 0 bridgehead atoms. The van der Waals surface area contributed by atoms with Crippen molar-refractivity contribution in [3.63, 3.8) is 0 Å². The van der Waals surface area contributed by atoms with Crippen LogP contribution in [-0.4, -0.2) is 47.7 Å². The van der Waals surface area contributed by atoms with Crippen LogP contribution in [0.25, 0.3) is 0 Å². The predicted octanol–water partition coefficient (Wildman–Crippen LogP) is 1.79. The number of hydrogen-bond donors (Lipinski definition) is 1. The van der Waals surface area contributed by atoms with Crippen molar-refractivity contribution in [3.05, 3.63) is 33.9 Å². The lowest BCUT2D eigenvalue weighted by Gasteiger charge is -2.39. The lowest BCUT2D eigenvalue weighted by atomic mass is 10.1. The molecule has 6 nitrogen and oxygen atoms in total. The summed E-state index contributed by atoms with van der Waals surface area (Å²) in [5.41, 5.74) is 1.28. The number of nitrogens with zero attached hydrogens (tertiary/aromatic N) is 3. The van der Waals surface area contributed by atoms with Crippen LogP contribution in [0.4, 0.5) is 11.4 Å². The van der Waals surface area contributed by atoms with Crippen molar-refractivity contribution in [3.8, 4) is 0 Å². The molecule has 0 saturated carbocycles. The number of piperazine rings is 1. The van der Waals surface area contributed by atoms with Gasteiger partial charge in [0.15, 0.2) is 0 Å². The van der Waals surface area contributed by atoms with Crippen LogP contribution >= 0.6 is 0 Å². The van der Waals surface area contributed by atoms with E-state index in [1.807, 2.05) is 0 Å². The van der Waals surface area contributed by atoms with Gasteiger partial charge in [-0.3, -0.25) is 10.1 Å². The van der Waals surface area contributed by atoms with E-state index in [0.29, 0.717) is 11.3 Å². The van der Waals surface area contributed by atoms with Crippen LogP contribution in [0, 0.1) is 10.1 Å². The third kappa shape index (κ3) is 2.91. The molecule has 1 aromatic rings. The average molecular weight is 279 g/mol. The van der Waals surface area contributed by atoms with Crippen LogP contribution in [0.3, 0.4) is 0 Å².